The van der Waals surface area contributed by atoms with E-state index in [2.05, 4.69) is 110 Å². The molecule has 4 fully saturated rings. The van der Waals surface area contributed by atoms with Crippen molar-refractivity contribution < 1.29 is 14.3 Å². The van der Waals surface area contributed by atoms with Crippen LogP contribution in [-0.2, 0) is 14.3 Å². The third-order valence-electron chi connectivity index (χ3n) is 12.0. The minimum Gasteiger partial charge on any atom is -0.463 e. The van der Waals surface area contributed by atoms with Crippen LogP contribution in [0.1, 0.15) is 83.8 Å². The Morgan fingerprint density at radius 3 is 2.14 bits per heavy atom. The van der Waals surface area contributed by atoms with Crippen LogP contribution in [0.15, 0.2) is 78.4 Å². The van der Waals surface area contributed by atoms with Crippen LogP contribution < -0.4 is 0 Å². The quantitative estimate of drug-likeness (QED) is 0.188. The lowest BCUT2D eigenvalue weighted by atomic mass is 9.44. The highest BCUT2D eigenvalue weighted by Gasteiger charge is 2.66. The fourth-order valence-electron chi connectivity index (χ4n) is 9.97. The van der Waals surface area contributed by atoms with Gasteiger partial charge in [-0.05, 0) is 103 Å². The van der Waals surface area contributed by atoms with Crippen LogP contribution in [0, 0.1) is 40.4 Å². The molecule has 0 heterocycles. The predicted molar refractivity (Wildman–Crippen MR) is 173 cm³/mol. The summed E-state index contributed by atoms with van der Waals surface area (Å²) in [5.74, 6) is 2.14. The van der Waals surface area contributed by atoms with E-state index >= 15 is 0 Å². The lowest BCUT2D eigenvalue weighted by Gasteiger charge is -2.61. The monoisotopic (exact) mass is 628 g/mol. The Morgan fingerprint density at radius 1 is 0.881 bits per heavy atom. The van der Waals surface area contributed by atoms with Crippen molar-refractivity contribution in [3.8, 4) is 0 Å². The van der Waals surface area contributed by atoms with Crippen LogP contribution in [0.2, 0.25) is 0 Å². The molecule has 0 aliphatic heterocycles. The smallest absolute Gasteiger partial charge is 0.302 e. The van der Waals surface area contributed by atoms with E-state index in [0.717, 1.165) is 38.5 Å². The molecular weight excluding hydrogens is 584 g/mol. The van der Waals surface area contributed by atoms with Crippen molar-refractivity contribution in [1.29, 1.82) is 0 Å². The highest BCUT2D eigenvalue weighted by molar-refractivity contribution is 9.10. The number of esters is 1. The van der Waals surface area contributed by atoms with Gasteiger partial charge in [0.25, 0.3) is 0 Å². The van der Waals surface area contributed by atoms with E-state index in [1.54, 1.807) is 0 Å². The molecule has 0 radical (unpaired) electrons. The minimum atomic E-state index is -0.183. The summed E-state index contributed by atoms with van der Waals surface area (Å²) in [6, 6.07) is 21.3. The van der Waals surface area contributed by atoms with Crippen LogP contribution in [0.5, 0.6) is 0 Å². The first-order chi connectivity index (χ1) is 20.1. The van der Waals surface area contributed by atoms with E-state index < -0.39 is 0 Å². The van der Waals surface area contributed by atoms with Gasteiger partial charge in [-0.2, -0.15) is 0 Å². The molecule has 4 heteroatoms. The van der Waals surface area contributed by atoms with Gasteiger partial charge in [-0.25, -0.2) is 0 Å². The van der Waals surface area contributed by atoms with Gasteiger partial charge in [0.1, 0.15) is 6.10 Å². The SMILES string of the molecule is CC(=O)OC1CCC2(C)C(CCC3C2C(=O)C(Br)C2(C)C(/C(C)=C\C=C(c4ccccc4)c4ccccc4)CCC32)C1. The number of Topliss-reactive ketones (excluding diaryl/α,β-unsaturated/α-hetero) is 1. The van der Waals surface area contributed by atoms with E-state index in [0.29, 0.717) is 29.5 Å². The summed E-state index contributed by atoms with van der Waals surface area (Å²) in [5, 5.41) is 0. The van der Waals surface area contributed by atoms with Gasteiger partial charge in [-0.1, -0.05) is 108 Å². The maximum Gasteiger partial charge on any atom is 0.302 e. The van der Waals surface area contributed by atoms with Gasteiger partial charge >= 0.3 is 5.97 Å². The van der Waals surface area contributed by atoms with Crippen molar-refractivity contribution in [2.75, 3.05) is 0 Å². The summed E-state index contributed by atoms with van der Waals surface area (Å²) < 4.78 is 5.65. The van der Waals surface area contributed by atoms with Gasteiger partial charge in [-0.15, -0.1) is 0 Å². The van der Waals surface area contributed by atoms with E-state index in [9.17, 15) is 9.59 Å². The maximum absolute atomic E-state index is 14.5. The first-order valence-corrected chi connectivity index (χ1v) is 16.9. The number of alkyl halides is 1. The van der Waals surface area contributed by atoms with Crippen molar-refractivity contribution in [1.82, 2.24) is 0 Å². The van der Waals surface area contributed by atoms with E-state index in [-0.39, 0.29) is 33.6 Å². The topological polar surface area (TPSA) is 43.4 Å². The Hall–Kier alpha value is -2.46. The summed E-state index contributed by atoms with van der Waals surface area (Å²) in [5.41, 5.74) is 4.93. The summed E-state index contributed by atoms with van der Waals surface area (Å²) in [6.45, 7) is 8.59. The molecule has 2 aromatic rings. The van der Waals surface area contributed by atoms with Crippen molar-refractivity contribution in [3.05, 3.63) is 89.5 Å². The van der Waals surface area contributed by atoms with Crippen molar-refractivity contribution in [3.63, 3.8) is 0 Å². The Balaban J connectivity index is 1.29. The molecule has 4 saturated carbocycles. The van der Waals surface area contributed by atoms with Gasteiger partial charge < -0.3 is 4.74 Å². The Kier molecular flexibility index (Phi) is 8.15. The second-order valence-electron chi connectivity index (χ2n) is 14.0. The molecule has 9 unspecified atom stereocenters. The normalized spacial score (nSPS) is 37.7. The fourth-order valence-corrected chi connectivity index (χ4v) is 10.9. The van der Waals surface area contributed by atoms with Gasteiger partial charge in [0.05, 0.1) is 4.83 Å². The average molecular weight is 630 g/mol. The first-order valence-electron chi connectivity index (χ1n) is 16.0. The number of ketones is 1. The maximum atomic E-state index is 14.5. The number of allylic oxidation sites excluding steroid dienone is 3. The molecule has 9 atom stereocenters. The summed E-state index contributed by atoms with van der Waals surface area (Å²) in [6.07, 6.45) is 12.0. The molecule has 0 amide bonds. The molecule has 4 aliphatic rings. The summed E-state index contributed by atoms with van der Waals surface area (Å²) >= 11 is 4.06. The van der Waals surface area contributed by atoms with Crippen molar-refractivity contribution >= 4 is 33.3 Å². The average Bonchev–Trinajstić information content (AvgIpc) is 3.35. The molecule has 4 aliphatic carbocycles. The zero-order chi connectivity index (χ0) is 29.6. The second-order valence-corrected chi connectivity index (χ2v) is 14.9. The highest BCUT2D eigenvalue weighted by Crippen LogP contribution is 2.68. The number of carbonyl (C=O) groups is 2. The van der Waals surface area contributed by atoms with Gasteiger partial charge in [0.15, 0.2) is 5.78 Å². The molecule has 0 spiro atoms. The standard InChI is InChI=1S/C38H45BrO3/c1-24(15-17-30(26-11-7-5-8-12-26)27-13-9-6-10-14-27)32-19-20-33-31-18-16-28-23-29(42-25(2)40)21-22-37(28,3)34(31)35(41)36(39)38(32,33)4/h5-15,17,28-29,31-34,36H,16,18-23H2,1-4H3/b24-15-. The lowest BCUT2D eigenvalue weighted by molar-refractivity contribution is -0.167. The number of benzene rings is 2. The van der Waals surface area contributed by atoms with Gasteiger partial charge in [0.2, 0.25) is 0 Å². The lowest BCUT2D eigenvalue weighted by Crippen LogP contribution is -2.62. The number of ether oxygens (including phenoxy) is 1. The number of rotatable bonds is 5. The molecule has 0 N–H and O–H groups in total. The summed E-state index contributed by atoms with van der Waals surface area (Å²) in [7, 11) is 0. The van der Waals surface area contributed by atoms with Crippen LogP contribution in [0.3, 0.4) is 0 Å². The third-order valence-corrected chi connectivity index (χ3v) is 13.4. The van der Waals surface area contributed by atoms with E-state index in [4.69, 9.17) is 4.74 Å². The molecule has 6 rings (SSSR count). The molecule has 0 aromatic heterocycles. The number of carbonyl (C=O) groups excluding carboxylic acids is 2. The van der Waals surface area contributed by atoms with Crippen molar-refractivity contribution in [2.45, 2.75) is 83.6 Å². The molecular formula is C38H45BrO3. The molecule has 0 bridgehead atoms. The second kappa shape index (κ2) is 11.6. The molecule has 0 saturated heterocycles. The Labute approximate surface area is 260 Å². The highest BCUT2D eigenvalue weighted by atomic mass is 79.9. The van der Waals surface area contributed by atoms with E-state index in [1.165, 1.54) is 35.6 Å². The van der Waals surface area contributed by atoms with Gasteiger partial charge in [-0.3, -0.25) is 9.59 Å². The van der Waals surface area contributed by atoms with Crippen LogP contribution in [0.25, 0.3) is 5.57 Å². The van der Waals surface area contributed by atoms with Crippen LogP contribution >= 0.6 is 15.9 Å². The molecule has 42 heavy (non-hydrogen) atoms. The predicted octanol–water partition coefficient (Wildman–Crippen LogP) is 9.21. The zero-order valence-electron chi connectivity index (χ0n) is 25.5. The number of hydrogen-bond acceptors (Lipinski definition) is 3. The zero-order valence-corrected chi connectivity index (χ0v) is 27.1. The minimum absolute atomic E-state index is 0.00399. The number of hydrogen-bond donors (Lipinski definition) is 0. The van der Waals surface area contributed by atoms with Gasteiger partial charge in [0, 0.05) is 12.8 Å². The third kappa shape index (κ3) is 4.96. The number of halogens is 1. The Morgan fingerprint density at radius 2 is 1.52 bits per heavy atom. The van der Waals surface area contributed by atoms with Crippen LogP contribution in [-0.4, -0.2) is 22.7 Å². The number of fused-ring (bicyclic) bond motifs is 5. The molecule has 222 valence electrons. The molecule has 3 nitrogen and oxygen atoms in total. The fraction of sp³-hybridized carbons (Fsp3) is 0.526. The van der Waals surface area contributed by atoms with Crippen LogP contribution in [0.4, 0.5) is 0 Å². The summed E-state index contributed by atoms with van der Waals surface area (Å²) in [4.78, 5) is 26.0. The van der Waals surface area contributed by atoms with Crippen molar-refractivity contribution in [2.24, 2.45) is 40.4 Å². The Bertz CT molecular complexity index is 1340. The first kappa shape index (κ1) is 29.6. The molecule has 2 aromatic carbocycles. The largest absolute Gasteiger partial charge is 0.463 e. The van der Waals surface area contributed by atoms with E-state index in [1.807, 2.05) is 0 Å².